The van der Waals surface area contributed by atoms with Gasteiger partial charge in [-0.1, -0.05) is 32.8 Å². The van der Waals surface area contributed by atoms with Crippen molar-refractivity contribution in [1.29, 1.82) is 0 Å². The third kappa shape index (κ3) is 3.90. The molecule has 1 aliphatic carbocycles. The molecule has 0 radical (unpaired) electrons. The van der Waals surface area contributed by atoms with Crippen LogP contribution in [-0.2, 0) is 14.8 Å². The zero-order chi connectivity index (χ0) is 20.6. The van der Waals surface area contributed by atoms with Crippen LogP contribution in [-0.4, -0.2) is 48.1 Å². The number of carbonyl (C=O) groups is 1. The Hall–Kier alpha value is -2.00. The van der Waals surface area contributed by atoms with E-state index in [2.05, 4.69) is 34.1 Å². The van der Waals surface area contributed by atoms with Gasteiger partial charge in [0.05, 0.1) is 0 Å². The number of carbonyl (C=O) groups excluding carboxylic acids is 1. The lowest BCUT2D eigenvalue weighted by molar-refractivity contribution is -0.127. The molecule has 4 rings (SSSR count). The number of hydrogen-bond acceptors (Lipinski definition) is 6. The highest BCUT2D eigenvalue weighted by Gasteiger charge is 2.35. The van der Waals surface area contributed by atoms with Crippen LogP contribution in [0.15, 0.2) is 27.7 Å². The van der Waals surface area contributed by atoms with Crippen molar-refractivity contribution in [2.24, 2.45) is 17.8 Å². The standard InChI is InChI=1S/C20H28N4O4S/c1-13-5-3-6-16(14(13)2)21-20(25)15-9-11-24(12-10-15)29(26,27)18-8-4-7-17-19(18)23-28-22-17/h4,7-8,13-16H,3,5-6,9-12H2,1-2H3,(H,21,25)/t13-,14+,16-/m1/s1. The van der Waals surface area contributed by atoms with E-state index in [-0.39, 0.29) is 28.3 Å². The molecule has 2 fully saturated rings. The van der Waals surface area contributed by atoms with E-state index in [4.69, 9.17) is 0 Å². The Kier molecular flexibility index (Phi) is 5.61. The number of amides is 1. The second-order valence-corrected chi connectivity index (χ2v) is 10.4. The van der Waals surface area contributed by atoms with E-state index in [0.717, 1.165) is 12.8 Å². The molecule has 8 nitrogen and oxygen atoms in total. The Morgan fingerprint density at radius 1 is 1.14 bits per heavy atom. The first-order valence-electron chi connectivity index (χ1n) is 10.4. The summed E-state index contributed by atoms with van der Waals surface area (Å²) in [7, 11) is -3.71. The number of nitrogens with one attached hydrogen (secondary N) is 1. The van der Waals surface area contributed by atoms with Crippen LogP contribution in [0.4, 0.5) is 0 Å². The number of benzene rings is 1. The minimum absolute atomic E-state index is 0.0656. The van der Waals surface area contributed by atoms with Gasteiger partial charge in [0, 0.05) is 25.0 Å². The third-order valence-corrected chi connectivity index (χ3v) is 8.66. The molecule has 3 atom stereocenters. The maximum atomic E-state index is 13.1. The number of aromatic nitrogens is 2. The van der Waals surface area contributed by atoms with Gasteiger partial charge >= 0.3 is 0 Å². The third-order valence-electron chi connectivity index (χ3n) is 6.73. The quantitative estimate of drug-likeness (QED) is 0.815. The average molecular weight is 421 g/mol. The van der Waals surface area contributed by atoms with E-state index in [9.17, 15) is 13.2 Å². The summed E-state index contributed by atoms with van der Waals surface area (Å²) in [6, 6.07) is 5.04. The van der Waals surface area contributed by atoms with Gasteiger partial charge in [-0.05, 0) is 53.5 Å². The van der Waals surface area contributed by atoms with Gasteiger partial charge in [0.25, 0.3) is 0 Å². The number of piperidine rings is 1. The highest BCUT2D eigenvalue weighted by Crippen LogP contribution is 2.31. The first-order chi connectivity index (χ1) is 13.9. The van der Waals surface area contributed by atoms with E-state index < -0.39 is 10.0 Å². The van der Waals surface area contributed by atoms with Gasteiger partial charge in [0.2, 0.25) is 15.9 Å². The molecule has 1 aromatic carbocycles. The smallest absolute Gasteiger partial charge is 0.245 e. The zero-order valence-electron chi connectivity index (χ0n) is 16.9. The molecule has 1 aromatic heterocycles. The second-order valence-electron chi connectivity index (χ2n) is 8.45. The Morgan fingerprint density at radius 3 is 2.66 bits per heavy atom. The maximum Gasteiger partial charge on any atom is 0.245 e. The molecule has 1 aliphatic heterocycles. The summed E-state index contributed by atoms with van der Waals surface area (Å²) in [6.45, 7) is 5.10. The van der Waals surface area contributed by atoms with Gasteiger partial charge in [0.15, 0.2) is 5.52 Å². The summed E-state index contributed by atoms with van der Waals surface area (Å²) in [6.07, 6.45) is 4.44. The van der Waals surface area contributed by atoms with Crippen LogP contribution in [0.2, 0.25) is 0 Å². The van der Waals surface area contributed by atoms with Gasteiger partial charge in [-0.15, -0.1) is 0 Å². The van der Waals surface area contributed by atoms with Crippen LogP contribution >= 0.6 is 0 Å². The van der Waals surface area contributed by atoms with Crippen LogP contribution in [0.25, 0.3) is 11.0 Å². The van der Waals surface area contributed by atoms with Gasteiger partial charge in [-0.3, -0.25) is 4.79 Å². The van der Waals surface area contributed by atoms with Gasteiger partial charge in [0.1, 0.15) is 10.4 Å². The molecule has 2 heterocycles. The largest absolute Gasteiger partial charge is 0.353 e. The van der Waals surface area contributed by atoms with Crippen molar-refractivity contribution in [2.45, 2.75) is 56.9 Å². The molecular formula is C20H28N4O4S. The molecule has 2 aromatic rings. The molecular weight excluding hydrogens is 392 g/mol. The normalized spacial score (nSPS) is 27.2. The molecule has 1 saturated carbocycles. The van der Waals surface area contributed by atoms with Gasteiger partial charge < -0.3 is 5.32 Å². The van der Waals surface area contributed by atoms with Crippen LogP contribution < -0.4 is 5.32 Å². The number of sulfonamides is 1. The lowest BCUT2D eigenvalue weighted by Crippen LogP contribution is -2.48. The molecule has 1 amide bonds. The fraction of sp³-hybridized carbons (Fsp3) is 0.650. The van der Waals surface area contributed by atoms with E-state index in [1.54, 1.807) is 12.1 Å². The molecule has 0 unspecified atom stereocenters. The zero-order valence-corrected chi connectivity index (χ0v) is 17.7. The topological polar surface area (TPSA) is 105 Å². The lowest BCUT2D eigenvalue weighted by atomic mass is 9.78. The summed E-state index contributed by atoms with van der Waals surface area (Å²) in [5.41, 5.74) is 0.656. The first-order valence-corrected chi connectivity index (χ1v) is 11.8. The molecule has 158 valence electrons. The minimum Gasteiger partial charge on any atom is -0.353 e. The van der Waals surface area contributed by atoms with Crippen molar-refractivity contribution in [2.75, 3.05) is 13.1 Å². The first kappa shape index (κ1) is 20.3. The molecule has 1 N–H and O–H groups in total. The Balaban J connectivity index is 1.40. The van der Waals surface area contributed by atoms with Crippen LogP contribution in [0, 0.1) is 17.8 Å². The van der Waals surface area contributed by atoms with Crippen LogP contribution in [0.5, 0.6) is 0 Å². The number of hydrogen-bond donors (Lipinski definition) is 1. The minimum atomic E-state index is -3.71. The van der Waals surface area contributed by atoms with Crippen LogP contribution in [0.3, 0.4) is 0 Å². The monoisotopic (exact) mass is 420 g/mol. The predicted octanol–water partition coefficient (Wildman–Crippen LogP) is 2.56. The molecule has 0 bridgehead atoms. The molecule has 1 saturated heterocycles. The summed E-state index contributed by atoms with van der Waals surface area (Å²) >= 11 is 0. The second kappa shape index (κ2) is 8.02. The van der Waals surface area contributed by atoms with Gasteiger partial charge in [-0.25, -0.2) is 13.0 Å². The number of rotatable bonds is 4. The fourth-order valence-corrected chi connectivity index (χ4v) is 6.18. The van der Waals surface area contributed by atoms with E-state index in [1.807, 2.05) is 0 Å². The molecule has 0 spiro atoms. The SMILES string of the molecule is C[C@H]1[C@H](C)CCC[C@H]1NC(=O)C1CCN(S(=O)(=O)c2cccc3nonc23)CC1. The van der Waals surface area contributed by atoms with Crippen molar-refractivity contribution in [1.82, 2.24) is 19.9 Å². The summed E-state index contributed by atoms with van der Waals surface area (Å²) in [5, 5.41) is 10.7. The molecule has 29 heavy (non-hydrogen) atoms. The Labute approximate surface area is 171 Å². The molecule has 2 aliphatic rings. The highest BCUT2D eigenvalue weighted by atomic mass is 32.2. The summed E-state index contributed by atoms with van der Waals surface area (Å²) < 4.78 is 32.3. The highest BCUT2D eigenvalue weighted by molar-refractivity contribution is 7.89. The van der Waals surface area contributed by atoms with Crippen molar-refractivity contribution in [3.05, 3.63) is 18.2 Å². The summed E-state index contributed by atoms with van der Waals surface area (Å²) in [4.78, 5) is 12.9. The Morgan fingerprint density at radius 2 is 1.90 bits per heavy atom. The molecule has 9 heteroatoms. The lowest BCUT2D eigenvalue weighted by Gasteiger charge is -2.36. The van der Waals surface area contributed by atoms with E-state index >= 15 is 0 Å². The van der Waals surface area contributed by atoms with E-state index in [0.29, 0.717) is 43.3 Å². The maximum absolute atomic E-state index is 13.1. The summed E-state index contributed by atoms with van der Waals surface area (Å²) in [5.74, 6) is 1.02. The van der Waals surface area contributed by atoms with Crippen LogP contribution in [0.1, 0.15) is 46.0 Å². The average Bonchev–Trinajstić information content (AvgIpc) is 3.20. The predicted molar refractivity (Wildman–Crippen MR) is 107 cm³/mol. The fourth-order valence-electron chi connectivity index (χ4n) is 4.57. The van der Waals surface area contributed by atoms with Crippen molar-refractivity contribution < 1.29 is 17.8 Å². The van der Waals surface area contributed by atoms with Crippen molar-refractivity contribution >= 4 is 27.0 Å². The van der Waals surface area contributed by atoms with Crippen molar-refractivity contribution in [3.63, 3.8) is 0 Å². The Bertz CT molecular complexity index is 981. The van der Waals surface area contributed by atoms with E-state index in [1.165, 1.54) is 16.8 Å². The van der Waals surface area contributed by atoms with Crippen molar-refractivity contribution in [3.8, 4) is 0 Å². The van der Waals surface area contributed by atoms with Gasteiger partial charge in [-0.2, -0.15) is 4.31 Å². The number of nitrogens with zero attached hydrogens (tertiary/aromatic N) is 3. The number of fused-ring (bicyclic) bond motifs is 1.